The highest BCUT2D eigenvalue weighted by molar-refractivity contribution is 6.55. The molecule has 1 amide bonds. The van der Waals surface area contributed by atoms with Crippen molar-refractivity contribution in [3.8, 4) is 11.5 Å². The Morgan fingerprint density at radius 1 is 1.07 bits per heavy atom. The van der Waals surface area contributed by atoms with Gasteiger partial charge in [0.05, 0.1) is 5.92 Å². The molecule has 2 unspecified atom stereocenters. The lowest BCUT2D eigenvalue weighted by molar-refractivity contribution is -0.157. The zero-order chi connectivity index (χ0) is 21.2. The van der Waals surface area contributed by atoms with Crippen molar-refractivity contribution in [1.82, 2.24) is 0 Å². The van der Waals surface area contributed by atoms with E-state index in [1.165, 1.54) is 0 Å². The van der Waals surface area contributed by atoms with Crippen molar-refractivity contribution in [2.24, 2.45) is 23.0 Å². The lowest BCUT2D eigenvalue weighted by Gasteiger charge is -2.16. The lowest BCUT2D eigenvalue weighted by atomic mass is 10.1. The van der Waals surface area contributed by atoms with Crippen LogP contribution in [0.4, 0.5) is 0 Å². The molecule has 2 N–H and O–H groups in total. The summed E-state index contributed by atoms with van der Waals surface area (Å²) in [5, 5.41) is 0. The number of amides is 1. The van der Waals surface area contributed by atoms with E-state index in [0.717, 1.165) is 0 Å². The summed E-state index contributed by atoms with van der Waals surface area (Å²) in [5.41, 5.74) is 5.57. The maximum Gasteiger partial charge on any atom is 0.311 e. The standard InChI is InChI=1S/C22H21Cl2NO4/c1-22(2)16(12-17(23)24)18(22)21(27)29-19(20(25)26)13-7-6-10-15(11-13)28-14-8-4-3-5-9-14/h3-12,16,18-19H,1-2H3,(H2,25,26)/t16?,18?,19-/m0/s1. The maximum atomic E-state index is 12.7. The minimum atomic E-state index is -1.23. The van der Waals surface area contributed by atoms with E-state index in [1.807, 2.05) is 44.2 Å². The molecule has 2 aromatic rings. The molecular weight excluding hydrogens is 413 g/mol. The predicted octanol–water partition coefficient (Wildman–Crippen LogP) is 5.14. The zero-order valence-electron chi connectivity index (χ0n) is 16.0. The fraction of sp³-hybridized carbons (Fsp3) is 0.273. The SMILES string of the molecule is CC1(C)C(C=C(Cl)Cl)C1C(=O)O[C@H](C(N)=O)c1cccc(Oc2ccccc2)c1. The smallest absolute Gasteiger partial charge is 0.311 e. The molecule has 1 saturated carbocycles. The molecule has 29 heavy (non-hydrogen) atoms. The number of rotatable bonds is 7. The van der Waals surface area contributed by atoms with E-state index < -0.39 is 23.9 Å². The molecule has 3 atom stereocenters. The molecule has 0 radical (unpaired) electrons. The van der Waals surface area contributed by atoms with Crippen molar-refractivity contribution in [2.75, 3.05) is 0 Å². The van der Waals surface area contributed by atoms with Gasteiger partial charge in [-0.25, -0.2) is 0 Å². The number of hydrogen-bond donors (Lipinski definition) is 1. The van der Waals surface area contributed by atoms with Crippen molar-refractivity contribution in [2.45, 2.75) is 20.0 Å². The molecule has 0 bridgehead atoms. The Hall–Kier alpha value is -2.50. The van der Waals surface area contributed by atoms with Crippen molar-refractivity contribution >= 4 is 35.1 Å². The van der Waals surface area contributed by atoms with E-state index in [2.05, 4.69) is 0 Å². The van der Waals surface area contributed by atoms with Gasteiger partial charge in [-0.2, -0.15) is 0 Å². The molecule has 0 aliphatic heterocycles. The first kappa shape index (κ1) is 21.2. The first-order valence-corrected chi connectivity index (χ1v) is 9.81. The molecule has 0 spiro atoms. The summed E-state index contributed by atoms with van der Waals surface area (Å²) in [6, 6.07) is 15.9. The molecule has 1 fully saturated rings. The quantitative estimate of drug-likeness (QED) is 0.612. The second kappa shape index (κ2) is 8.47. The minimum absolute atomic E-state index is 0.0931. The van der Waals surface area contributed by atoms with Gasteiger partial charge in [-0.15, -0.1) is 0 Å². The molecule has 1 aliphatic rings. The van der Waals surface area contributed by atoms with Gasteiger partial charge in [0.2, 0.25) is 6.10 Å². The number of nitrogens with two attached hydrogens (primary N) is 1. The summed E-state index contributed by atoms with van der Waals surface area (Å²) in [7, 11) is 0. The van der Waals surface area contributed by atoms with Crippen molar-refractivity contribution in [1.29, 1.82) is 0 Å². The monoisotopic (exact) mass is 433 g/mol. The second-order valence-corrected chi connectivity index (χ2v) is 8.50. The van der Waals surface area contributed by atoms with E-state index >= 15 is 0 Å². The molecule has 0 aromatic heterocycles. The summed E-state index contributed by atoms with van der Waals surface area (Å²) in [5.74, 6) is -0.774. The number of benzene rings is 2. The number of primary amides is 1. The number of hydrogen-bond acceptors (Lipinski definition) is 4. The molecule has 5 nitrogen and oxygen atoms in total. The molecule has 0 heterocycles. The van der Waals surface area contributed by atoms with Gasteiger partial charge in [-0.05, 0) is 41.7 Å². The van der Waals surface area contributed by atoms with Gasteiger partial charge in [0, 0.05) is 5.56 Å². The average Bonchev–Trinajstić information content (AvgIpc) is 3.19. The van der Waals surface area contributed by atoms with Crippen LogP contribution in [0.5, 0.6) is 11.5 Å². The molecule has 1 aliphatic carbocycles. The summed E-state index contributed by atoms with van der Waals surface area (Å²) in [6.07, 6.45) is 0.386. The van der Waals surface area contributed by atoms with Gasteiger partial charge in [-0.3, -0.25) is 9.59 Å². The Balaban J connectivity index is 1.77. The Morgan fingerprint density at radius 3 is 2.34 bits per heavy atom. The van der Waals surface area contributed by atoms with Crippen molar-refractivity contribution < 1.29 is 19.1 Å². The van der Waals surface area contributed by atoms with Crippen LogP contribution in [0.1, 0.15) is 25.5 Å². The highest BCUT2D eigenvalue weighted by Crippen LogP contribution is 2.60. The normalized spacial score (nSPS) is 20.3. The van der Waals surface area contributed by atoms with Crippen LogP contribution in [0.3, 0.4) is 0 Å². The third kappa shape index (κ3) is 4.92. The molecule has 152 valence electrons. The Kier molecular flexibility index (Phi) is 6.20. The van der Waals surface area contributed by atoms with Crippen LogP contribution < -0.4 is 10.5 Å². The highest BCUT2D eigenvalue weighted by atomic mass is 35.5. The second-order valence-electron chi connectivity index (χ2n) is 7.49. The van der Waals surface area contributed by atoms with Crippen molar-refractivity contribution in [3.05, 3.63) is 70.7 Å². The molecule has 3 rings (SSSR count). The molecular formula is C22H21Cl2NO4. The third-order valence-corrected chi connectivity index (χ3v) is 5.35. The van der Waals surface area contributed by atoms with Gasteiger partial charge in [0.15, 0.2) is 0 Å². The van der Waals surface area contributed by atoms with Crippen LogP contribution in [0.25, 0.3) is 0 Å². The first-order chi connectivity index (χ1) is 13.7. The van der Waals surface area contributed by atoms with Gasteiger partial charge >= 0.3 is 5.97 Å². The number of esters is 1. The number of allylic oxidation sites excluding steroid dienone is 1. The largest absolute Gasteiger partial charge is 0.457 e. The summed E-state index contributed by atoms with van der Waals surface area (Å²) >= 11 is 11.5. The number of carbonyl (C=O) groups is 2. The number of carbonyl (C=O) groups excluding carboxylic acids is 2. The fourth-order valence-corrected chi connectivity index (χ4v) is 3.69. The van der Waals surface area contributed by atoms with Crippen LogP contribution in [0.2, 0.25) is 0 Å². The van der Waals surface area contributed by atoms with Gasteiger partial charge in [-0.1, -0.05) is 67.4 Å². The topological polar surface area (TPSA) is 78.6 Å². The average molecular weight is 434 g/mol. The zero-order valence-corrected chi connectivity index (χ0v) is 17.5. The van der Waals surface area contributed by atoms with Crippen LogP contribution >= 0.6 is 23.2 Å². The molecule has 2 aromatic carbocycles. The van der Waals surface area contributed by atoms with E-state index in [0.29, 0.717) is 17.1 Å². The number of halogens is 2. The van der Waals surface area contributed by atoms with Gasteiger partial charge < -0.3 is 15.2 Å². The first-order valence-electron chi connectivity index (χ1n) is 9.05. The Bertz CT molecular complexity index is 939. The van der Waals surface area contributed by atoms with E-state index in [9.17, 15) is 9.59 Å². The fourth-order valence-electron chi connectivity index (χ4n) is 3.42. The number of para-hydroxylation sites is 1. The Morgan fingerprint density at radius 2 is 1.72 bits per heavy atom. The maximum absolute atomic E-state index is 12.7. The Labute approximate surface area is 179 Å². The highest BCUT2D eigenvalue weighted by Gasteiger charge is 2.62. The van der Waals surface area contributed by atoms with Gasteiger partial charge in [0.1, 0.15) is 16.0 Å². The third-order valence-electron chi connectivity index (χ3n) is 5.10. The summed E-state index contributed by atoms with van der Waals surface area (Å²) in [6.45, 7) is 3.81. The van der Waals surface area contributed by atoms with E-state index in [1.54, 1.807) is 30.3 Å². The van der Waals surface area contributed by atoms with Crippen LogP contribution in [0.15, 0.2) is 65.2 Å². The van der Waals surface area contributed by atoms with Gasteiger partial charge in [0.25, 0.3) is 5.91 Å². The lowest BCUT2D eigenvalue weighted by Crippen LogP contribution is -2.27. The predicted molar refractivity (Wildman–Crippen MR) is 112 cm³/mol. The number of ether oxygens (including phenoxy) is 2. The van der Waals surface area contributed by atoms with E-state index in [-0.39, 0.29) is 15.8 Å². The van der Waals surface area contributed by atoms with Crippen LogP contribution in [-0.4, -0.2) is 11.9 Å². The molecule has 7 heteroatoms. The summed E-state index contributed by atoms with van der Waals surface area (Å²) in [4.78, 5) is 24.7. The van der Waals surface area contributed by atoms with Crippen LogP contribution in [-0.2, 0) is 14.3 Å². The van der Waals surface area contributed by atoms with Crippen LogP contribution in [0, 0.1) is 17.3 Å². The summed E-state index contributed by atoms with van der Waals surface area (Å²) < 4.78 is 11.4. The van der Waals surface area contributed by atoms with E-state index in [4.69, 9.17) is 38.4 Å². The van der Waals surface area contributed by atoms with Crippen molar-refractivity contribution in [3.63, 3.8) is 0 Å². The molecule has 0 saturated heterocycles. The minimum Gasteiger partial charge on any atom is -0.457 e.